The molecular weight excluding hydrogens is 529 g/mol. The van der Waals surface area contributed by atoms with Crippen LogP contribution in [0.2, 0.25) is 0 Å². The van der Waals surface area contributed by atoms with Crippen LogP contribution in [-0.2, 0) is 6.18 Å². The summed E-state index contributed by atoms with van der Waals surface area (Å²) < 4.78 is 41.6. The number of hydrogen-bond acceptors (Lipinski definition) is 7. The Kier molecular flexibility index (Phi) is 5.69. The van der Waals surface area contributed by atoms with Gasteiger partial charge in [-0.05, 0) is 19.1 Å². The van der Waals surface area contributed by atoms with E-state index in [2.05, 4.69) is 36.1 Å². The van der Waals surface area contributed by atoms with E-state index in [9.17, 15) is 22.8 Å². The first-order valence-electron chi connectivity index (χ1n) is 9.17. The Bertz CT molecular complexity index is 1380. The number of alkyl halides is 3. The number of benzene rings is 1. The van der Waals surface area contributed by atoms with Gasteiger partial charge in [0.1, 0.15) is 22.4 Å². The molecular formula is C18H14BrF3N8O2S. The Labute approximate surface area is 195 Å². The molecule has 0 saturated carbocycles. The zero-order valence-corrected chi connectivity index (χ0v) is 19.3. The van der Waals surface area contributed by atoms with Crippen LogP contribution in [0.5, 0.6) is 0 Å². The molecule has 1 aromatic carbocycles. The van der Waals surface area contributed by atoms with Gasteiger partial charge in [0.2, 0.25) is 5.13 Å². The first-order chi connectivity index (χ1) is 15.5. The van der Waals surface area contributed by atoms with E-state index in [-0.39, 0.29) is 25.8 Å². The number of thiazole rings is 1. The number of nitrogens with zero attached hydrogens (tertiary/aromatic N) is 6. The molecule has 3 aromatic heterocycles. The van der Waals surface area contributed by atoms with Gasteiger partial charge in [-0.15, -0.1) is 0 Å². The molecule has 0 aliphatic heterocycles. The Morgan fingerprint density at radius 1 is 1.30 bits per heavy atom. The molecule has 2 amide bonds. The Balaban J connectivity index is 1.70. The smallest absolute Gasteiger partial charge is 0.365 e. The van der Waals surface area contributed by atoms with E-state index in [1.165, 1.54) is 41.3 Å². The summed E-state index contributed by atoms with van der Waals surface area (Å²) in [5.41, 5.74) is 4.08. The maximum absolute atomic E-state index is 13.3. The second kappa shape index (κ2) is 8.22. The van der Waals surface area contributed by atoms with Gasteiger partial charge in [0.15, 0.2) is 5.82 Å². The normalized spacial score (nSPS) is 12.8. The van der Waals surface area contributed by atoms with Crippen LogP contribution in [0.1, 0.15) is 44.5 Å². The molecule has 0 spiro atoms. The molecule has 0 aliphatic rings. The lowest BCUT2D eigenvalue weighted by Crippen LogP contribution is -2.31. The summed E-state index contributed by atoms with van der Waals surface area (Å²) in [7, 11) is 1.48. The van der Waals surface area contributed by atoms with Crippen LogP contribution in [0, 0.1) is 0 Å². The second-order valence-electron chi connectivity index (χ2n) is 6.94. The minimum Gasteiger partial charge on any atom is -0.365 e. The van der Waals surface area contributed by atoms with Crippen molar-refractivity contribution in [1.82, 2.24) is 34.8 Å². The molecule has 4 rings (SSSR count). The van der Waals surface area contributed by atoms with Gasteiger partial charge in [-0.1, -0.05) is 27.3 Å². The van der Waals surface area contributed by atoms with Gasteiger partial charge in [-0.25, -0.2) is 9.97 Å². The third-order valence-electron chi connectivity index (χ3n) is 4.90. The predicted molar refractivity (Wildman–Crippen MR) is 115 cm³/mol. The molecule has 4 aromatic rings. The van der Waals surface area contributed by atoms with Crippen molar-refractivity contribution in [2.24, 2.45) is 5.73 Å². The minimum atomic E-state index is -4.66. The lowest BCUT2D eigenvalue weighted by Gasteiger charge is -2.24. The molecule has 0 saturated heterocycles. The fraction of sp³-hybridized carbons (Fsp3) is 0.222. The number of fused-ring (bicyclic) bond motifs is 1. The SMILES string of the molecule is CC(c1ncnn1-c1ncc(C(N)=O)s1)N(C)C(=O)c1cc(Br)cc2c(C(F)(F)F)[nH]nc12. The number of aromatic nitrogens is 6. The molecule has 10 nitrogen and oxygen atoms in total. The van der Waals surface area contributed by atoms with Crippen LogP contribution in [-0.4, -0.2) is 53.7 Å². The van der Waals surface area contributed by atoms with Gasteiger partial charge in [0.25, 0.3) is 11.8 Å². The summed E-state index contributed by atoms with van der Waals surface area (Å²) in [6.07, 6.45) is -2.10. The number of rotatable bonds is 5. The van der Waals surface area contributed by atoms with E-state index in [0.717, 1.165) is 11.3 Å². The Hall–Kier alpha value is -3.33. The largest absolute Gasteiger partial charge is 0.433 e. The zero-order valence-electron chi connectivity index (χ0n) is 16.9. The molecule has 0 fully saturated rings. The summed E-state index contributed by atoms with van der Waals surface area (Å²) in [6, 6.07) is 1.98. The quantitative estimate of drug-likeness (QED) is 0.397. The summed E-state index contributed by atoms with van der Waals surface area (Å²) in [6.45, 7) is 1.67. The van der Waals surface area contributed by atoms with E-state index in [0.29, 0.717) is 11.0 Å². The van der Waals surface area contributed by atoms with Crippen molar-refractivity contribution in [1.29, 1.82) is 0 Å². The second-order valence-corrected chi connectivity index (χ2v) is 8.86. The lowest BCUT2D eigenvalue weighted by atomic mass is 10.1. The first-order valence-corrected chi connectivity index (χ1v) is 10.8. The van der Waals surface area contributed by atoms with Crippen molar-refractivity contribution in [2.45, 2.75) is 19.1 Å². The fourth-order valence-electron chi connectivity index (χ4n) is 3.16. The number of carbonyl (C=O) groups excluding carboxylic acids is 2. The van der Waals surface area contributed by atoms with Crippen LogP contribution >= 0.6 is 27.3 Å². The Morgan fingerprint density at radius 3 is 2.67 bits per heavy atom. The van der Waals surface area contributed by atoms with E-state index >= 15 is 0 Å². The van der Waals surface area contributed by atoms with Gasteiger partial charge >= 0.3 is 6.18 Å². The highest BCUT2D eigenvalue weighted by molar-refractivity contribution is 9.10. The van der Waals surface area contributed by atoms with Crippen molar-refractivity contribution in [3.8, 4) is 5.13 Å². The average Bonchev–Trinajstić information content (AvgIpc) is 3.49. The summed E-state index contributed by atoms with van der Waals surface area (Å²) in [4.78, 5) is 34.5. The molecule has 3 heterocycles. The highest BCUT2D eigenvalue weighted by atomic mass is 79.9. The van der Waals surface area contributed by atoms with E-state index in [4.69, 9.17) is 5.73 Å². The monoisotopic (exact) mass is 542 g/mol. The van der Waals surface area contributed by atoms with Crippen LogP contribution in [0.3, 0.4) is 0 Å². The molecule has 15 heteroatoms. The maximum Gasteiger partial charge on any atom is 0.433 e. The highest BCUT2D eigenvalue weighted by Crippen LogP contribution is 2.36. The van der Waals surface area contributed by atoms with Gasteiger partial charge in [0.05, 0.1) is 17.8 Å². The Morgan fingerprint density at radius 2 is 2.03 bits per heavy atom. The molecule has 0 aliphatic carbocycles. The van der Waals surface area contributed by atoms with Gasteiger partial charge in [-0.2, -0.15) is 28.1 Å². The van der Waals surface area contributed by atoms with E-state index in [1.807, 2.05) is 5.10 Å². The molecule has 33 heavy (non-hydrogen) atoms. The molecule has 0 radical (unpaired) electrons. The molecule has 1 unspecified atom stereocenters. The molecule has 3 N–H and O–H groups in total. The van der Waals surface area contributed by atoms with Crippen LogP contribution in [0.4, 0.5) is 13.2 Å². The van der Waals surface area contributed by atoms with Gasteiger partial charge in [0, 0.05) is 16.9 Å². The van der Waals surface area contributed by atoms with E-state index in [1.54, 1.807) is 6.92 Å². The number of aromatic amines is 1. The molecule has 0 bridgehead atoms. The van der Waals surface area contributed by atoms with Crippen molar-refractivity contribution in [3.05, 3.63) is 51.1 Å². The van der Waals surface area contributed by atoms with Crippen LogP contribution in [0.25, 0.3) is 16.0 Å². The van der Waals surface area contributed by atoms with Crippen LogP contribution < -0.4 is 5.73 Å². The first kappa shape index (κ1) is 22.8. The van der Waals surface area contributed by atoms with Crippen molar-refractivity contribution < 1.29 is 22.8 Å². The van der Waals surface area contributed by atoms with Crippen LogP contribution in [0.15, 0.2) is 29.1 Å². The number of carbonyl (C=O) groups is 2. The topological polar surface area (TPSA) is 136 Å². The van der Waals surface area contributed by atoms with Gasteiger partial charge < -0.3 is 10.6 Å². The van der Waals surface area contributed by atoms with Crippen molar-refractivity contribution in [3.63, 3.8) is 0 Å². The third kappa shape index (κ3) is 4.08. The summed E-state index contributed by atoms with van der Waals surface area (Å²) in [5.74, 6) is -0.905. The lowest BCUT2D eigenvalue weighted by molar-refractivity contribution is -0.139. The number of primary amides is 1. The number of H-pyrrole nitrogens is 1. The maximum atomic E-state index is 13.3. The number of amides is 2. The molecule has 172 valence electrons. The minimum absolute atomic E-state index is 0.0307. The third-order valence-corrected chi connectivity index (χ3v) is 6.35. The average molecular weight is 543 g/mol. The molecule has 1 atom stereocenters. The predicted octanol–water partition coefficient (Wildman–Crippen LogP) is 3.31. The number of nitrogens with one attached hydrogen (secondary N) is 1. The highest BCUT2D eigenvalue weighted by Gasteiger charge is 2.36. The zero-order chi connectivity index (χ0) is 24.1. The summed E-state index contributed by atoms with van der Waals surface area (Å²) in [5, 5.41) is 9.90. The van der Waals surface area contributed by atoms with Gasteiger partial charge in [-0.3, -0.25) is 14.7 Å². The number of nitrogens with two attached hydrogens (primary N) is 1. The van der Waals surface area contributed by atoms with E-state index < -0.39 is 29.7 Å². The standard InChI is InChI=1S/C18H14BrF3N8O2S/c1-7(15-25-6-26-30(15)17-24-5-11(33-17)14(23)31)29(2)16(32)10-4-8(19)3-9-12(10)27-28-13(9)18(20,21)22/h3-7H,1-2H3,(H2,23,31)(H,27,28). The fourth-order valence-corrected chi connectivity index (χ4v) is 4.35. The number of halogens is 4. The number of hydrogen-bond donors (Lipinski definition) is 2. The van der Waals surface area contributed by atoms with Crippen molar-refractivity contribution in [2.75, 3.05) is 7.05 Å². The summed E-state index contributed by atoms with van der Waals surface area (Å²) >= 11 is 4.17. The van der Waals surface area contributed by atoms with Crippen molar-refractivity contribution >= 4 is 50.0 Å².